The molecule has 0 rings (SSSR count). The molecule has 0 saturated heterocycles. The Bertz CT molecular complexity index is 120. The molecule has 0 unspecified atom stereocenters. The third-order valence-electron chi connectivity index (χ3n) is 1.38. The Labute approximate surface area is 66.7 Å². The van der Waals surface area contributed by atoms with E-state index in [9.17, 15) is 0 Å². The van der Waals surface area contributed by atoms with Crippen LogP contribution in [0.4, 0.5) is 0 Å². The third kappa shape index (κ3) is 3.92. The van der Waals surface area contributed by atoms with Crippen molar-refractivity contribution in [2.24, 2.45) is 5.41 Å². The van der Waals surface area contributed by atoms with Crippen LogP contribution < -0.4 is 0 Å². The van der Waals surface area contributed by atoms with E-state index in [1.807, 2.05) is 0 Å². The zero-order chi connectivity index (χ0) is 8.36. The summed E-state index contributed by atoms with van der Waals surface area (Å²) < 4.78 is 0. The van der Waals surface area contributed by atoms with Gasteiger partial charge < -0.3 is 0 Å². The Hall–Kier alpha value is -0.000130. The van der Waals surface area contributed by atoms with E-state index < -0.39 is 0 Å². The van der Waals surface area contributed by atoms with Gasteiger partial charge in [0.05, 0.1) is 0 Å². The second-order valence-electron chi connectivity index (χ2n) is 4.12. The number of hydrogen-bond donors (Lipinski definition) is 0. The quantitative estimate of drug-likeness (QED) is 0.505. The van der Waals surface area contributed by atoms with E-state index in [0.717, 1.165) is 5.36 Å². The van der Waals surface area contributed by atoms with Gasteiger partial charge in [0.1, 0.15) is 0 Å². The topological polar surface area (TPSA) is 0 Å². The summed E-state index contributed by atoms with van der Waals surface area (Å²) in [5.74, 6) is 0.555. The zero-order valence-electron chi connectivity index (χ0n) is 7.73. The molecule has 2 heteroatoms. The third-order valence-corrected chi connectivity index (χ3v) is 1.38. The molecule has 10 heavy (non-hydrogen) atoms. The average molecular weight is 134 g/mol. The van der Waals surface area contributed by atoms with Crippen LogP contribution in [0.3, 0.4) is 0 Å². The molecule has 0 aromatic heterocycles. The summed E-state index contributed by atoms with van der Waals surface area (Å²) >= 11 is 0. The first-order valence-corrected chi connectivity index (χ1v) is 3.82. The summed E-state index contributed by atoms with van der Waals surface area (Å²) in [4.78, 5) is 0. The number of rotatable bonds is 2. The first-order valence-electron chi connectivity index (χ1n) is 3.82. The van der Waals surface area contributed by atoms with Crippen molar-refractivity contribution in [2.45, 2.75) is 40.4 Å². The van der Waals surface area contributed by atoms with Crippen LogP contribution in [0, 0.1) is 5.41 Å². The Morgan fingerprint density at radius 2 is 1.70 bits per heavy atom. The van der Waals surface area contributed by atoms with Crippen molar-refractivity contribution in [3.8, 4) is 0 Å². The summed E-state index contributed by atoms with van der Waals surface area (Å²) in [7, 11) is 7.92. The van der Waals surface area contributed by atoms with Gasteiger partial charge in [-0.05, 0) is 0 Å². The molecule has 0 amide bonds. The van der Waals surface area contributed by atoms with E-state index in [1.54, 1.807) is 0 Å². The van der Waals surface area contributed by atoms with Crippen LogP contribution in [0.2, 0.25) is 5.82 Å². The van der Waals surface area contributed by atoms with E-state index >= 15 is 0 Å². The predicted octanol–water partition coefficient (Wildman–Crippen LogP) is 1.86. The average Bonchev–Trinajstić information content (AvgIpc) is 1.60. The predicted molar refractivity (Wildman–Crippen MR) is 51.1 cm³/mol. The van der Waals surface area contributed by atoms with Gasteiger partial charge in [-0.15, -0.1) is 0 Å². The Kier molecular flexibility index (Phi) is 3.41. The van der Waals surface area contributed by atoms with E-state index in [-0.39, 0.29) is 5.41 Å². The number of hydrogen-bond acceptors (Lipinski definition) is 0. The van der Waals surface area contributed by atoms with Crippen molar-refractivity contribution in [2.75, 3.05) is 0 Å². The SMILES string of the molecule is [B]=C([B]C(C)C)C(C)(C)C. The summed E-state index contributed by atoms with van der Waals surface area (Å²) in [5, 5.41) is 0.988. The van der Waals surface area contributed by atoms with Crippen LogP contribution in [0.15, 0.2) is 0 Å². The van der Waals surface area contributed by atoms with E-state index in [4.69, 9.17) is 7.49 Å². The molecule has 0 fully saturated rings. The molecule has 0 aliphatic heterocycles. The summed E-state index contributed by atoms with van der Waals surface area (Å²) in [6.07, 6.45) is 0. The minimum atomic E-state index is 0.129. The second kappa shape index (κ2) is 3.41. The Balaban J connectivity index is 3.87. The minimum absolute atomic E-state index is 0.129. The van der Waals surface area contributed by atoms with E-state index in [1.165, 1.54) is 0 Å². The van der Waals surface area contributed by atoms with Gasteiger partial charge in [0.15, 0.2) is 0 Å². The fraction of sp³-hybridized carbons (Fsp3) is 0.875. The molecule has 0 saturated carbocycles. The molecule has 0 N–H and O–H groups in total. The molecule has 54 valence electrons. The monoisotopic (exact) mass is 134 g/mol. The molecule has 0 aliphatic rings. The molecule has 0 bridgehead atoms. The summed E-state index contributed by atoms with van der Waals surface area (Å²) in [6, 6.07) is 0. The Morgan fingerprint density at radius 1 is 1.30 bits per heavy atom. The molecule has 0 aromatic rings. The molecule has 0 heterocycles. The van der Waals surface area contributed by atoms with Gasteiger partial charge in [0, 0.05) is 0 Å². The second-order valence-corrected chi connectivity index (χ2v) is 4.12. The van der Waals surface area contributed by atoms with Crippen molar-refractivity contribution in [1.29, 1.82) is 0 Å². The maximum atomic E-state index is 5.81. The van der Waals surface area contributed by atoms with Gasteiger partial charge >= 0.3 is 66.0 Å². The molecule has 0 atom stereocenters. The van der Waals surface area contributed by atoms with Crippen molar-refractivity contribution in [1.82, 2.24) is 0 Å². The van der Waals surface area contributed by atoms with Gasteiger partial charge in [-0.3, -0.25) is 0 Å². The van der Waals surface area contributed by atoms with Crippen molar-refractivity contribution >= 4 is 20.1 Å². The first-order chi connectivity index (χ1) is 4.34. The Morgan fingerprint density at radius 3 is 1.80 bits per heavy atom. The molecule has 0 spiro atoms. The van der Waals surface area contributed by atoms with Gasteiger partial charge in [-0.1, -0.05) is 0 Å². The van der Waals surface area contributed by atoms with Gasteiger partial charge in [-0.2, -0.15) is 0 Å². The first kappa shape index (κ1) is 10.00. The zero-order valence-corrected chi connectivity index (χ0v) is 7.73. The van der Waals surface area contributed by atoms with Crippen LogP contribution in [-0.2, 0) is 0 Å². The molecular formula is C8H16B2. The normalized spacial score (nSPS) is 11.7. The molecular weight excluding hydrogens is 118 g/mol. The van der Waals surface area contributed by atoms with Crippen molar-refractivity contribution in [3.63, 3.8) is 0 Å². The summed E-state index contributed by atoms with van der Waals surface area (Å²) in [6.45, 7) is 10.7. The molecule has 2 radical (unpaired) electrons. The van der Waals surface area contributed by atoms with Gasteiger partial charge in [0.25, 0.3) is 0 Å². The van der Waals surface area contributed by atoms with Gasteiger partial charge in [0.2, 0.25) is 0 Å². The van der Waals surface area contributed by atoms with Crippen molar-refractivity contribution in [3.05, 3.63) is 0 Å². The maximum absolute atomic E-state index is 5.81. The van der Waals surface area contributed by atoms with E-state index in [2.05, 4.69) is 41.9 Å². The molecule has 0 aliphatic carbocycles. The van der Waals surface area contributed by atoms with Crippen LogP contribution in [0.25, 0.3) is 0 Å². The van der Waals surface area contributed by atoms with Crippen LogP contribution in [0.5, 0.6) is 0 Å². The van der Waals surface area contributed by atoms with Crippen molar-refractivity contribution < 1.29 is 0 Å². The summed E-state index contributed by atoms with van der Waals surface area (Å²) in [5.41, 5.74) is 0.129. The standard InChI is InChI=1S/C8H16B2/c1-6(2)10-7(9)8(3,4)5/h6H,1-5H3. The van der Waals surface area contributed by atoms with Crippen LogP contribution in [-0.4, -0.2) is 20.1 Å². The van der Waals surface area contributed by atoms with Crippen LogP contribution >= 0.6 is 0 Å². The van der Waals surface area contributed by atoms with E-state index in [0.29, 0.717) is 5.82 Å². The van der Waals surface area contributed by atoms with Gasteiger partial charge in [-0.25, -0.2) is 0 Å². The van der Waals surface area contributed by atoms with Crippen LogP contribution in [0.1, 0.15) is 34.6 Å². The fourth-order valence-corrected chi connectivity index (χ4v) is 0.609. The molecule has 0 nitrogen and oxygen atoms in total. The fourth-order valence-electron chi connectivity index (χ4n) is 0.609. The molecule has 0 aromatic carbocycles.